The van der Waals surface area contributed by atoms with Gasteiger partial charge in [-0.3, -0.25) is 28.1 Å². The number of imidazole rings is 1. The van der Waals surface area contributed by atoms with Crippen LogP contribution in [0.25, 0.3) is 11.2 Å². The van der Waals surface area contributed by atoms with Crippen molar-refractivity contribution in [2.45, 2.75) is 19.5 Å². The summed E-state index contributed by atoms with van der Waals surface area (Å²) in [6.07, 6.45) is 2.79. The quantitative estimate of drug-likeness (QED) is 0.345. The third kappa shape index (κ3) is 3.98. The molecule has 12 nitrogen and oxygen atoms in total. The summed E-state index contributed by atoms with van der Waals surface area (Å²) >= 11 is 0. The van der Waals surface area contributed by atoms with Crippen LogP contribution in [0.1, 0.15) is 16.8 Å². The van der Waals surface area contributed by atoms with Crippen molar-refractivity contribution in [3.05, 3.63) is 68.6 Å². The number of fused-ring (bicyclic) bond motifs is 2. The van der Waals surface area contributed by atoms with Crippen LogP contribution in [0.15, 0.2) is 51.8 Å². The lowest BCUT2D eigenvalue weighted by Crippen LogP contribution is -2.41. The molecule has 0 bridgehead atoms. The number of carbonyl (C=O) groups is 2. The molecule has 1 aromatic carbocycles. The highest BCUT2D eigenvalue weighted by Crippen LogP contribution is 2.35. The molecule has 3 N–H and O–H groups in total. The van der Waals surface area contributed by atoms with Gasteiger partial charge in [-0.25, -0.2) is 4.79 Å². The van der Waals surface area contributed by atoms with Crippen LogP contribution in [0.5, 0.6) is 0 Å². The van der Waals surface area contributed by atoms with Crippen LogP contribution in [0.3, 0.4) is 0 Å². The molecule has 3 aromatic rings. The van der Waals surface area contributed by atoms with Crippen molar-refractivity contribution in [3.8, 4) is 0 Å². The van der Waals surface area contributed by atoms with Crippen LogP contribution in [0, 0.1) is 5.92 Å². The molecule has 12 heteroatoms. The summed E-state index contributed by atoms with van der Waals surface area (Å²) in [4.78, 5) is 58.9. The number of aromatic nitrogens is 4. The van der Waals surface area contributed by atoms with Gasteiger partial charge in [0, 0.05) is 50.1 Å². The maximum Gasteiger partial charge on any atom is 0.332 e. The summed E-state index contributed by atoms with van der Waals surface area (Å²) in [6, 6.07) is 8.43. The number of anilines is 1. The molecule has 1 atom stereocenters. The molecule has 0 saturated carbocycles. The number of aryl methyl sites for hydroxylation is 1. The molecule has 2 aliphatic heterocycles. The molecular formula is C24H27N7O5. The second-order valence-electron chi connectivity index (χ2n) is 8.88. The van der Waals surface area contributed by atoms with Crippen LogP contribution < -0.4 is 26.8 Å². The lowest BCUT2D eigenvalue weighted by Gasteiger charge is -2.20. The molecular weight excluding hydrogens is 466 g/mol. The highest BCUT2D eigenvalue weighted by Gasteiger charge is 2.35. The van der Waals surface area contributed by atoms with Gasteiger partial charge in [-0.1, -0.05) is 30.3 Å². The molecule has 0 aliphatic carbocycles. The summed E-state index contributed by atoms with van der Waals surface area (Å²) < 4.78 is 3.61. The fourth-order valence-electron chi connectivity index (χ4n) is 4.82. The Kier molecular flexibility index (Phi) is 6.18. The Balaban J connectivity index is 1.65. The lowest BCUT2D eigenvalue weighted by atomic mass is 10.1. The van der Waals surface area contributed by atoms with Gasteiger partial charge in [-0.15, -0.1) is 0 Å². The van der Waals surface area contributed by atoms with E-state index in [1.54, 1.807) is 30.3 Å². The van der Waals surface area contributed by atoms with Gasteiger partial charge in [0.15, 0.2) is 16.9 Å². The zero-order chi connectivity index (χ0) is 25.4. The Morgan fingerprint density at radius 3 is 2.69 bits per heavy atom. The largest absolute Gasteiger partial charge is 0.395 e. The first-order chi connectivity index (χ1) is 17.4. The molecule has 1 saturated heterocycles. The van der Waals surface area contributed by atoms with Crippen LogP contribution in [-0.4, -0.2) is 61.7 Å². The number of rotatable bonds is 8. The Hall–Kier alpha value is -4.19. The number of carbonyl (C=O) groups excluding carboxylic acids is 2. The van der Waals surface area contributed by atoms with Gasteiger partial charge in [0.25, 0.3) is 5.56 Å². The number of Topliss-reactive ketones (excluding diaryl/α,β-unsaturated/α-hetero) is 1. The normalized spacial score (nSPS) is 16.7. The second kappa shape index (κ2) is 9.46. The van der Waals surface area contributed by atoms with Crippen molar-refractivity contribution in [3.63, 3.8) is 0 Å². The number of hydrogen-bond acceptors (Lipinski definition) is 8. The number of nitrogens with one attached hydrogen (secondary N) is 2. The Morgan fingerprint density at radius 2 is 1.94 bits per heavy atom. The predicted octanol–water partition coefficient (Wildman–Crippen LogP) is -0.841. The Morgan fingerprint density at radius 1 is 1.17 bits per heavy atom. The molecule has 2 aliphatic rings. The van der Waals surface area contributed by atoms with Crippen LogP contribution in [0.2, 0.25) is 0 Å². The summed E-state index contributed by atoms with van der Waals surface area (Å²) in [6.45, 7) is 0.607. The Bertz CT molecular complexity index is 1480. The number of benzene rings is 1. The molecule has 1 unspecified atom stereocenters. The predicted molar refractivity (Wildman–Crippen MR) is 132 cm³/mol. The van der Waals surface area contributed by atoms with Gasteiger partial charge in [0.1, 0.15) is 6.54 Å². The average Bonchev–Trinajstić information content (AvgIpc) is 3.59. The van der Waals surface area contributed by atoms with Gasteiger partial charge >= 0.3 is 5.69 Å². The summed E-state index contributed by atoms with van der Waals surface area (Å²) in [5, 5.41) is 14.9. The molecule has 2 aromatic heterocycles. The van der Waals surface area contributed by atoms with E-state index < -0.39 is 23.7 Å². The van der Waals surface area contributed by atoms with E-state index in [2.05, 4.69) is 15.6 Å². The van der Waals surface area contributed by atoms with Crippen LogP contribution >= 0.6 is 0 Å². The number of hydrogen-bond donors (Lipinski definition) is 3. The fourth-order valence-corrected chi connectivity index (χ4v) is 4.82. The Labute approximate surface area is 205 Å². The number of aliphatic hydroxyl groups is 1. The molecule has 1 amide bonds. The maximum absolute atomic E-state index is 13.7. The van der Waals surface area contributed by atoms with Gasteiger partial charge in [-0.2, -0.15) is 4.98 Å². The summed E-state index contributed by atoms with van der Waals surface area (Å²) in [7, 11) is 1.49. The number of nitrogens with zero attached hydrogens (tertiary/aromatic N) is 5. The molecule has 0 spiro atoms. The van der Waals surface area contributed by atoms with E-state index in [4.69, 9.17) is 5.11 Å². The maximum atomic E-state index is 13.7. The van der Waals surface area contributed by atoms with E-state index >= 15 is 0 Å². The van der Waals surface area contributed by atoms with E-state index in [0.717, 1.165) is 23.2 Å². The van der Waals surface area contributed by atoms with Crippen molar-refractivity contribution in [2.75, 3.05) is 31.1 Å². The number of ketones is 1. The fraction of sp³-hybridized carbons (Fsp3) is 0.375. The average molecular weight is 494 g/mol. The second-order valence-corrected chi connectivity index (χ2v) is 8.88. The van der Waals surface area contributed by atoms with Crippen LogP contribution in [-0.2, 0) is 24.9 Å². The smallest absolute Gasteiger partial charge is 0.332 e. The zero-order valence-electron chi connectivity index (χ0n) is 19.8. The van der Waals surface area contributed by atoms with Crippen LogP contribution in [0.4, 0.5) is 5.95 Å². The highest BCUT2D eigenvalue weighted by molar-refractivity contribution is 5.96. The summed E-state index contributed by atoms with van der Waals surface area (Å²) in [5.41, 5.74) is 0.217. The van der Waals surface area contributed by atoms with Crippen molar-refractivity contribution >= 4 is 28.8 Å². The first-order valence-corrected chi connectivity index (χ1v) is 11.8. The SMILES string of the molecule is Cn1c(=O)n(CC(=O)c2ccccc2)c(=O)c2c1nc(N1CCC3CNC=C31)n2CC(=O)NCCO. The molecule has 36 heavy (non-hydrogen) atoms. The monoisotopic (exact) mass is 493 g/mol. The van der Waals surface area contributed by atoms with E-state index in [1.165, 1.54) is 16.2 Å². The van der Waals surface area contributed by atoms with Gasteiger partial charge in [0.05, 0.1) is 13.2 Å². The molecule has 0 radical (unpaired) electrons. The molecule has 1 fully saturated rings. The third-order valence-corrected chi connectivity index (χ3v) is 6.63. The standard InChI is InChI=1S/C24H27N7O5/c1-28-21-20(22(35)31(24(28)36)13-18(33)15-5-3-2-4-6-15)30(14-19(34)26-8-10-32)23(27-21)29-9-7-16-11-25-12-17(16)29/h2-6,12,16,25,32H,7-11,13-14H2,1H3,(H,26,34). The van der Waals surface area contributed by atoms with Crippen molar-refractivity contribution < 1.29 is 14.7 Å². The number of amides is 1. The number of aliphatic hydroxyl groups excluding tert-OH is 1. The summed E-state index contributed by atoms with van der Waals surface area (Å²) in [5.74, 6) is -0.129. The minimum atomic E-state index is -0.694. The van der Waals surface area contributed by atoms with E-state index in [1.807, 2.05) is 11.1 Å². The van der Waals surface area contributed by atoms with Gasteiger partial charge < -0.3 is 20.6 Å². The minimum absolute atomic E-state index is 0.0575. The van der Waals surface area contributed by atoms with Crippen molar-refractivity contribution in [1.29, 1.82) is 0 Å². The molecule has 188 valence electrons. The van der Waals surface area contributed by atoms with E-state index in [-0.39, 0.29) is 36.6 Å². The lowest BCUT2D eigenvalue weighted by molar-refractivity contribution is -0.121. The van der Waals surface area contributed by atoms with Gasteiger partial charge in [0.2, 0.25) is 11.9 Å². The van der Waals surface area contributed by atoms with Gasteiger partial charge in [-0.05, 0) is 6.42 Å². The minimum Gasteiger partial charge on any atom is -0.395 e. The van der Waals surface area contributed by atoms with E-state index in [0.29, 0.717) is 24.0 Å². The third-order valence-electron chi connectivity index (χ3n) is 6.63. The van der Waals surface area contributed by atoms with Crippen molar-refractivity contribution in [1.82, 2.24) is 29.3 Å². The zero-order valence-corrected chi connectivity index (χ0v) is 19.8. The highest BCUT2D eigenvalue weighted by atomic mass is 16.3. The van der Waals surface area contributed by atoms with Crippen molar-refractivity contribution in [2.24, 2.45) is 13.0 Å². The first kappa shape index (κ1) is 23.5. The first-order valence-electron chi connectivity index (χ1n) is 11.8. The van der Waals surface area contributed by atoms with E-state index in [9.17, 15) is 19.2 Å². The molecule has 4 heterocycles. The molecule has 5 rings (SSSR count). The topological polar surface area (TPSA) is 143 Å².